The fraction of sp³-hybridized carbons (Fsp3) is 0.545. The molecule has 0 bridgehead atoms. The number of aromatic nitrogens is 1. The zero-order valence-corrected chi connectivity index (χ0v) is 9.76. The van der Waals surface area contributed by atoms with E-state index in [0.717, 1.165) is 12.5 Å². The number of aliphatic hydroxyl groups excluding tert-OH is 1. The second kappa shape index (κ2) is 7.01. The molecule has 0 radical (unpaired) electrons. The van der Waals surface area contributed by atoms with Crippen LogP contribution in [-0.4, -0.2) is 29.8 Å². The molecule has 1 aromatic heterocycles. The topological polar surface area (TPSA) is 57.2 Å². The van der Waals surface area contributed by atoms with Crippen molar-refractivity contribution in [1.29, 1.82) is 0 Å². The summed E-state index contributed by atoms with van der Waals surface area (Å²) in [4.78, 5) is 3.83. The molecule has 1 aromatic rings. The van der Waals surface area contributed by atoms with Gasteiger partial charge in [-0.15, -0.1) is 0 Å². The van der Waals surface area contributed by atoms with Gasteiger partial charge < -0.3 is 15.7 Å². The quantitative estimate of drug-likeness (QED) is 0.643. The van der Waals surface area contributed by atoms with Crippen LogP contribution < -0.4 is 10.6 Å². The van der Waals surface area contributed by atoms with Gasteiger partial charge in [0.2, 0.25) is 0 Å². The molecule has 17 heavy (non-hydrogen) atoms. The first-order chi connectivity index (χ1) is 8.19. The molecule has 0 aliphatic rings. The molecule has 6 heteroatoms. The molecule has 0 atom stereocenters. The summed E-state index contributed by atoms with van der Waals surface area (Å²) in [6, 6.07) is 0.798. The fourth-order valence-electron chi connectivity index (χ4n) is 1.24. The predicted molar refractivity (Wildman–Crippen MR) is 63.1 cm³/mol. The van der Waals surface area contributed by atoms with Gasteiger partial charge in [-0.1, -0.05) is 6.92 Å². The lowest BCUT2D eigenvalue weighted by Gasteiger charge is -2.10. The molecule has 0 spiro atoms. The second-order valence-electron chi connectivity index (χ2n) is 3.58. The minimum Gasteiger partial charge on any atom is -0.396 e. The summed E-state index contributed by atoms with van der Waals surface area (Å²) in [5.74, 6) is -1.40. The smallest absolute Gasteiger partial charge is 0.168 e. The number of halogens is 2. The average molecular weight is 245 g/mol. The Morgan fingerprint density at radius 1 is 1.18 bits per heavy atom. The van der Waals surface area contributed by atoms with Gasteiger partial charge in [-0.3, -0.25) is 0 Å². The Morgan fingerprint density at radius 3 is 2.29 bits per heavy atom. The van der Waals surface area contributed by atoms with Crippen molar-refractivity contribution in [3.63, 3.8) is 0 Å². The molecule has 3 N–H and O–H groups in total. The number of anilines is 2. The van der Waals surface area contributed by atoms with Crippen molar-refractivity contribution in [1.82, 2.24) is 4.98 Å². The van der Waals surface area contributed by atoms with Crippen LogP contribution in [-0.2, 0) is 0 Å². The molecule has 0 fully saturated rings. The minimum absolute atomic E-state index is 0.00143. The van der Waals surface area contributed by atoms with Gasteiger partial charge in [0.15, 0.2) is 23.3 Å². The van der Waals surface area contributed by atoms with Crippen LogP contribution in [0.2, 0.25) is 0 Å². The summed E-state index contributed by atoms with van der Waals surface area (Å²) < 4.78 is 26.6. The highest BCUT2D eigenvalue weighted by molar-refractivity contribution is 5.47. The second-order valence-corrected chi connectivity index (χ2v) is 3.58. The van der Waals surface area contributed by atoms with E-state index < -0.39 is 11.6 Å². The zero-order valence-electron chi connectivity index (χ0n) is 9.76. The number of hydrogen-bond acceptors (Lipinski definition) is 4. The fourth-order valence-corrected chi connectivity index (χ4v) is 1.24. The monoisotopic (exact) mass is 245 g/mol. The first kappa shape index (κ1) is 13.6. The van der Waals surface area contributed by atoms with Crippen molar-refractivity contribution < 1.29 is 13.9 Å². The highest BCUT2D eigenvalue weighted by Gasteiger charge is 2.10. The molecule has 0 saturated heterocycles. The Kier molecular flexibility index (Phi) is 5.62. The largest absolute Gasteiger partial charge is 0.396 e. The lowest BCUT2D eigenvalue weighted by atomic mass is 10.3. The number of nitrogens with zero attached hydrogens (tertiary/aromatic N) is 1. The number of rotatable bonds is 7. The maximum Gasteiger partial charge on any atom is 0.168 e. The summed E-state index contributed by atoms with van der Waals surface area (Å²) in [6.07, 6.45) is 1.31. The van der Waals surface area contributed by atoms with E-state index in [1.165, 1.54) is 0 Å². The van der Waals surface area contributed by atoms with E-state index in [9.17, 15) is 8.78 Å². The van der Waals surface area contributed by atoms with E-state index in [1.54, 1.807) is 0 Å². The van der Waals surface area contributed by atoms with Crippen molar-refractivity contribution in [3.05, 3.63) is 17.7 Å². The van der Waals surface area contributed by atoms with E-state index in [0.29, 0.717) is 19.5 Å². The lowest BCUT2D eigenvalue weighted by Crippen LogP contribution is -2.11. The van der Waals surface area contributed by atoms with Crippen molar-refractivity contribution in [2.75, 3.05) is 30.3 Å². The third-order valence-electron chi connectivity index (χ3n) is 2.10. The van der Waals surface area contributed by atoms with E-state index in [2.05, 4.69) is 15.6 Å². The van der Waals surface area contributed by atoms with Gasteiger partial charge >= 0.3 is 0 Å². The van der Waals surface area contributed by atoms with E-state index in [1.807, 2.05) is 6.92 Å². The molecular formula is C11H17F2N3O. The number of nitrogens with one attached hydrogen (secondary N) is 2. The van der Waals surface area contributed by atoms with E-state index >= 15 is 0 Å². The maximum absolute atomic E-state index is 13.3. The standard InChI is InChI=1S/C11H17F2N3O/c1-2-4-14-10-8(12)7-9(13)11(16-10)15-5-3-6-17/h7,17H,2-6H2,1H3,(H2,14,15,16). The van der Waals surface area contributed by atoms with Gasteiger partial charge in [0, 0.05) is 25.8 Å². The van der Waals surface area contributed by atoms with Crippen LogP contribution in [0, 0.1) is 11.6 Å². The summed E-state index contributed by atoms with van der Waals surface area (Å²) in [5, 5.41) is 14.1. The van der Waals surface area contributed by atoms with Crippen LogP contribution in [0.3, 0.4) is 0 Å². The van der Waals surface area contributed by atoms with Gasteiger partial charge in [-0.05, 0) is 12.8 Å². The van der Waals surface area contributed by atoms with Crippen molar-refractivity contribution >= 4 is 11.6 Å². The third kappa shape index (κ3) is 4.14. The molecule has 0 amide bonds. The highest BCUT2D eigenvalue weighted by atomic mass is 19.1. The number of aliphatic hydroxyl groups is 1. The van der Waals surface area contributed by atoms with Crippen LogP contribution >= 0.6 is 0 Å². The van der Waals surface area contributed by atoms with Crippen LogP contribution in [0.15, 0.2) is 6.07 Å². The van der Waals surface area contributed by atoms with Crippen molar-refractivity contribution in [3.8, 4) is 0 Å². The number of pyridine rings is 1. The van der Waals surface area contributed by atoms with Gasteiger partial charge in [-0.2, -0.15) is 0 Å². The Morgan fingerprint density at radius 2 is 1.76 bits per heavy atom. The summed E-state index contributed by atoms with van der Waals surface area (Å²) >= 11 is 0. The SMILES string of the molecule is CCCNc1nc(NCCCO)c(F)cc1F. The van der Waals surface area contributed by atoms with Gasteiger partial charge in [0.25, 0.3) is 0 Å². The number of hydrogen-bond donors (Lipinski definition) is 3. The lowest BCUT2D eigenvalue weighted by molar-refractivity contribution is 0.292. The molecule has 96 valence electrons. The molecule has 0 aliphatic heterocycles. The summed E-state index contributed by atoms with van der Waals surface area (Å²) in [6.45, 7) is 2.91. The van der Waals surface area contributed by atoms with Crippen LogP contribution in [0.4, 0.5) is 20.4 Å². The molecule has 4 nitrogen and oxygen atoms in total. The van der Waals surface area contributed by atoms with E-state index in [4.69, 9.17) is 5.11 Å². The van der Waals surface area contributed by atoms with Crippen LogP contribution in [0.1, 0.15) is 19.8 Å². The summed E-state index contributed by atoms with van der Waals surface area (Å²) in [5.41, 5.74) is 0. The predicted octanol–water partition coefficient (Wildman–Crippen LogP) is 1.98. The van der Waals surface area contributed by atoms with Gasteiger partial charge in [0.1, 0.15) is 0 Å². The van der Waals surface area contributed by atoms with Crippen LogP contribution in [0.5, 0.6) is 0 Å². The van der Waals surface area contributed by atoms with Gasteiger partial charge in [-0.25, -0.2) is 13.8 Å². The van der Waals surface area contributed by atoms with Crippen molar-refractivity contribution in [2.24, 2.45) is 0 Å². The first-order valence-corrected chi connectivity index (χ1v) is 5.63. The van der Waals surface area contributed by atoms with E-state index in [-0.39, 0.29) is 18.2 Å². The Balaban J connectivity index is 2.74. The molecular weight excluding hydrogens is 228 g/mol. The zero-order chi connectivity index (χ0) is 12.7. The highest BCUT2D eigenvalue weighted by Crippen LogP contribution is 2.18. The van der Waals surface area contributed by atoms with Crippen molar-refractivity contribution in [2.45, 2.75) is 19.8 Å². The van der Waals surface area contributed by atoms with Gasteiger partial charge in [0.05, 0.1) is 0 Å². The molecule has 0 aliphatic carbocycles. The molecule has 0 saturated carbocycles. The molecule has 1 rings (SSSR count). The maximum atomic E-state index is 13.3. The molecule has 1 heterocycles. The Bertz CT molecular complexity index is 361. The normalized spacial score (nSPS) is 10.4. The summed E-state index contributed by atoms with van der Waals surface area (Å²) in [7, 11) is 0. The molecule has 0 unspecified atom stereocenters. The van der Waals surface area contributed by atoms with Crippen LogP contribution in [0.25, 0.3) is 0 Å². The Labute approximate surface area is 99.1 Å². The minimum atomic E-state index is -0.734. The first-order valence-electron chi connectivity index (χ1n) is 5.63. The average Bonchev–Trinajstić information content (AvgIpc) is 2.31. The Hall–Kier alpha value is -1.43. The molecule has 0 aromatic carbocycles. The third-order valence-corrected chi connectivity index (χ3v) is 2.10.